The van der Waals surface area contributed by atoms with E-state index in [4.69, 9.17) is 5.73 Å². The third-order valence-corrected chi connectivity index (χ3v) is 3.49. The highest BCUT2D eigenvalue weighted by atomic mass is 33.1. The average Bonchev–Trinajstić information content (AvgIpc) is 2.05. The van der Waals surface area contributed by atoms with E-state index in [1.165, 1.54) is 0 Å². The zero-order chi connectivity index (χ0) is 8.81. The summed E-state index contributed by atoms with van der Waals surface area (Å²) in [5.74, 6) is 0.973. The molecular weight excluding hydrogens is 188 g/mol. The van der Waals surface area contributed by atoms with E-state index in [1.54, 1.807) is 21.6 Å². The Balaban J connectivity index is 2.41. The van der Waals surface area contributed by atoms with E-state index in [1.807, 2.05) is 25.1 Å². The van der Waals surface area contributed by atoms with Gasteiger partial charge in [-0.2, -0.15) is 0 Å². The third-order valence-electron chi connectivity index (χ3n) is 1.21. The standard InChI is InChI=1S/C8H12N2S2/c1-7-3-2-4-8(10-7)12-11-6-5-9/h2-4H,5-6,9H2,1H3. The smallest absolute Gasteiger partial charge is 0.107 e. The summed E-state index contributed by atoms with van der Waals surface area (Å²) in [7, 11) is 3.43. The fourth-order valence-electron chi connectivity index (χ4n) is 0.715. The molecule has 0 bridgehead atoms. The molecular formula is C8H12N2S2. The van der Waals surface area contributed by atoms with Crippen LogP contribution in [0.1, 0.15) is 5.69 Å². The zero-order valence-electron chi connectivity index (χ0n) is 6.99. The molecule has 4 heteroatoms. The first-order valence-corrected chi connectivity index (χ1v) is 6.08. The van der Waals surface area contributed by atoms with E-state index in [9.17, 15) is 0 Å². The fraction of sp³-hybridized carbons (Fsp3) is 0.375. The highest BCUT2D eigenvalue weighted by molar-refractivity contribution is 8.76. The summed E-state index contributed by atoms with van der Waals surface area (Å²) < 4.78 is 0. The van der Waals surface area contributed by atoms with Crippen LogP contribution in [0.25, 0.3) is 0 Å². The molecule has 66 valence electrons. The minimum Gasteiger partial charge on any atom is -0.330 e. The summed E-state index contributed by atoms with van der Waals surface area (Å²) in [5.41, 5.74) is 6.43. The van der Waals surface area contributed by atoms with Gasteiger partial charge in [0.1, 0.15) is 5.03 Å². The molecule has 0 aliphatic heterocycles. The van der Waals surface area contributed by atoms with Gasteiger partial charge in [0, 0.05) is 18.0 Å². The molecule has 0 fully saturated rings. The minimum atomic E-state index is 0.726. The normalized spacial score (nSPS) is 10.2. The Kier molecular flexibility index (Phi) is 4.50. The Morgan fingerprint density at radius 1 is 1.50 bits per heavy atom. The van der Waals surface area contributed by atoms with Gasteiger partial charge in [0.05, 0.1) is 0 Å². The van der Waals surface area contributed by atoms with Gasteiger partial charge in [-0.15, -0.1) is 0 Å². The molecule has 0 unspecified atom stereocenters. The topological polar surface area (TPSA) is 38.9 Å². The van der Waals surface area contributed by atoms with Crippen LogP contribution in [0.4, 0.5) is 0 Å². The molecule has 1 aromatic heterocycles. The van der Waals surface area contributed by atoms with Crippen LogP contribution in [0.3, 0.4) is 0 Å². The Bertz CT molecular complexity index is 240. The molecule has 0 atom stereocenters. The molecule has 1 rings (SSSR count). The van der Waals surface area contributed by atoms with Crippen LogP contribution < -0.4 is 5.73 Å². The highest BCUT2D eigenvalue weighted by Gasteiger charge is 1.94. The number of hydrogen-bond donors (Lipinski definition) is 1. The second-order valence-corrected chi connectivity index (χ2v) is 4.75. The summed E-state index contributed by atoms with van der Waals surface area (Å²) in [5, 5.41) is 1.06. The zero-order valence-corrected chi connectivity index (χ0v) is 8.62. The van der Waals surface area contributed by atoms with Gasteiger partial charge in [0.25, 0.3) is 0 Å². The highest BCUT2D eigenvalue weighted by Crippen LogP contribution is 2.28. The summed E-state index contributed by atoms with van der Waals surface area (Å²) in [4.78, 5) is 4.35. The summed E-state index contributed by atoms with van der Waals surface area (Å²) in [6.45, 7) is 2.72. The van der Waals surface area contributed by atoms with Crippen molar-refractivity contribution in [1.82, 2.24) is 4.98 Å². The number of nitrogens with two attached hydrogens (primary N) is 1. The molecule has 0 saturated heterocycles. The lowest BCUT2D eigenvalue weighted by Gasteiger charge is -1.98. The van der Waals surface area contributed by atoms with E-state index in [-0.39, 0.29) is 0 Å². The lowest BCUT2D eigenvalue weighted by molar-refractivity contribution is 1.07. The molecule has 0 aromatic carbocycles. The van der Waals surface area contributed by atoms with Crippen LogP contribution in [-0.2, 0) is 0 Å². The van der Waals surface area contributed by atoms with E-state index in [2.05, 4.69) is 4.98 Å². The van der Waals surface area contributed by atoms with Gasteiger partial charge in [-0.25, -0.2) is 4.98 Å². The Morgan fingerprint density at radius 3 is 3.00 bits per heavy atom. The molecule has 0 amide bonds. The van der Waals surface area contributed by atoms with Crippen molar-refractivity contribution in [2.24, 2.45) is 5.73 Å². The SMILES string of the molecule is Cc1cccc(SSCCN)n1. The molecule has 1 heterocycles. The Hall–Kier alpha value is -0.190. The quantitative estimate of drug-likeness (QED) is 0.596. The van der Waals surface area contributed by atoms with E-state index >= 15 is 0 Å². The van der Waals surface area contributed by atoms with E-state index < -0.39 is 0 Å². The maximum absolute atomic E-state index is 5.37. The molecule has 2 nitrogen and oxygen atoms in total. The van der Waals surface area contributed by atoms with Gasteiger partial charge in [-0.1, -0.05) is 16.9 Å². The summed E-state index contributed by atoms with van der Waals surface area (Å²) >= 11 is 0. The molecule has 12 heavy (non-hydrogen) atoms. The second kappa shape index (κ2) is 5.45. The summed E-state index contributed by atoms with van der Waals surface area (Å²) in [6.07, 6.45) is 0. The first-order valence-electron chi connectivity index (χ1n) is 3.76. The number of hydrogen-bond acceptors (Lipinski definition) is 4. The molecule has 2 N–H and O–H groups in total. The molecule has 0 saturated carbocycles. The van der Waals surface area contributed by atoms with Crippen molar-refractivity contribution in [3.05, 3.63) is 23.9 Å². The van der Waals surface area contributed by atoms with Crippen molar-refractivity contribution >= 4 is 21.6 Å². The molecule has 0 aliphatic carbocycles. The number of nitrogens with zero attached hydrogens (tertiary/aromatic N) is 1. The monoisotopic (exact) mass is 200 g/mol. The minimum absolute atomic E-state index is 0.726. The van der Waals surface area contributed by atoms with Crippen molar-refractivity contribution in [1.29, 1.82) is 0 Å². The first-order chi connectivity index (χ1) is 5.83. The largest absolute Gasteiger partial charge is 0.330 e. The lowest BCUT2D eigenvalue weighted by Crippen LogP contribution is -1.99. The maximum atomic E-state index is 5.37. The van der Waals surface area contributed by atoms with Crippen LogP contribution in [-0.4, -0.2) is 17.3 Å². The predicted octanol–water partition coefficient (Wildman–Crippen LogP) is 2.09. The number of aromatic nitrogens is 1. The molecule has 0 spiro atoms. The lowest BCUT2D eigenvalue weighted by atomic mass is 10.4. The summed E-state index contributed by atoms with van der Waals surface area (Å²) in [6, 6.07) is 6.03. The van der Waals surface area contributed by atoms with Gasteiger partial charge in [-0.3, -0.25) is 0 Å². The Labute approximate surface area is 80.7 Å². The van der Waals surface area contributed by atoms with Crippen LogP contribution >= 0.6 is 21.6 Å². The van der Waals surface area contributed by atoms with Gasteiger partial charge in [0.15, 0.2) is 0 Å². The number of pyridine rings is 1. The van der Waals surface area contributed by atoms with Crippen molar-refractivity contribution in [2.45, 2.75) is 11.9 Å². The Morgan fingerprint density at radius 2 is 2.33 bits per heavy atom. The fourth-order valence-corrected chi connectivity index (χ4v) is 2.51. The second-order valence-electron chi connectivity index (χ2n) is 2.31. The maximum Gasteiger partial charge on any atom is 0.107 e. The van der Waals surface area contributed by atoms with Crippen LogP contribution in [0.5, 0.6) is 0 Å². The van der Waals surface area contributed by atoms with Crippen LogP contribution in [0.2, 0.25) is 0 Å². The van der Waals surface area contributed by atoms with Crippen molar-refractivity contribution in [3.8, 4) is 0 Å². The predicted molar refractivity (Wildman–Crippen MR) is 56.3 cm³/mol. The molecule has 1 aromatic rings. The van der Waals surface area contributed by atoms with Crippen molar-refractivity contribution in [2.75, 3.05) is 12.3 Å². The number of rotatable bonds is 4. The van der Waals surface area contributed by atoms with Gasteiger partial charge in [-0.05, 0) is 29.9 Å². The van der Waals surface area contributed by atoms with Gasteiger partial charge >= 0.3 is 0 Å². The van der Waals surface area contributed by atoms with Gasteiger partial charge in [0.2, 0.25) is 0 Å². The average molecular weight is 200 g/mol. The van der Waals surface area contributed by atoms with E-state index in [0.29, 0.717) is 0 Å². The van der Waals surface area contributed by atoms with Gasteiger partial charge < -0.3 is 5.73 Å². The molecule has 0 aliphatic rings. The number of aryl methyl sites for hydroxylation is 1. The van der Waals surface area contributed by atoms with E-state index in [0.717, 1.165) is 23.0 Å². The van der Waals surface area contributed by atoms with Crippen LogP contribution in [0, 0.1) is 6.92 Å². The first kappa shape index (κ1) is 9.89. The van der Waals surface area contributed by atoms with Crippen LogP contribution in [0.15, 0.2) is 23.2 Å². The third kappa shape index (κ3) is 3.47. The van der Waals surface area contributed by atoms with Crippen molar-refractivity contribution < 1.29 is 0 Å². The van der Waals surface area contributed by atoms with Crippen molar-refractivity contribution in [3.63, 3.8) is 0 Å². The molecule has 0 radical (unpaired) electrons.